The summed E-state index contributed by atoms with van der Waals surface area (Å²) in [6.07, 6.45) is 3.70. The molecule has 0 atom stereocenters. The molecule has 1 N–H and O–H groups in total. The molecule has 0 saturated heterocycles. The molecular weight excluding hydrogens is 335 g/mol. The first-order valence-corrected chi connectivity index (χ1v) is 9.38. The number of rotatable bonds is 8. The van der Waals surface area contributed by atoms with Gasteiger partial charge in [0, 0.05) is 13.0 Å². The molecule has 0 spiro atoms. The third-order valence-corrected chi connectivity index (χ3v) is 5.15. The number of benzene rings is 2. The maximum Gasteiger partial charge on any atom is 0.220 e. The van der Waals surface area contributed by atoms with Crippen LogP contribution < -0.4 is 5.32 Å². The highest BCUT2D eigenvalue weighted by Crippen LogP contribution is 2.22. The quantitative estimate of drug-likeness (QED) is 0.604. The van der Waals surface area contributed by atoms with Crippen molar-refractivity contribution < 1.29 is 9.18 Å². The van der Waals surface area contributed by atoms with Crippen LogP contribution in [0.2, 0.25) is 0 Å². The number of fused-ring (bicyclic) bond motifs is 1. The van der Waals surface area contributed by atoms with E-state index in [0.29, 0.717) is 24.9 Å². The fourth-order valence-electron chi connectivity index (χ4n) is 2.71. The van der Waals surface area contributed by atoms with Gasteiger partial charge in [0.05, 0.1) is 15.2 Å². The van der Waals surface area contributed by atoms with Crippen LogP contribution in [0.1, 0.15) is 29.8 Å². The topological polar surface area (TPSA) is 42.0 Å². The largest absolute Gasteiger partial charge is 0.356 e. The molecule has 25 heavy (non-hydrogen) atoms. The fraction of sp³-hybridized carbons (Fsp3) is 0.300. The number of para-hydroxylation sites is 1. The number of unbranched alkanes of at least 4 members (excludes halogenated alkanes) is 1. The van der Waals surface area contributed by atoms with Crippen LogP contribution in [-0.4, -0.2) is 17.4 Å². The van der Waals surface area contributed by atoms with Crippen LogP contribution in [0.5, 0.6) is 0 Å². The summed E-state index contributed by atoms with van der Waals surface area (Å²) in [7, 11) is 0. The Balaban J connectivity index is 1.33. The van der Waals surface area contributed by atoms with Crippen LogP contribution in [0.4, 0.5) is 4.39 Å². The van der Waals surface area contributed by atoms with Gasteiger partial charge in [0.2, 0.25) is 5.91 Å². The lowest BCUT2D eigenvalue weighted by Gasteiger charge is -2.06. The molecule has 1 heterocycles. The molecule has 0 saturated carbocycles. The monoisotopic (exact) mass is 356 g/mol. The van der Waals surface area contributed by atoms with E-state index >= 15 is 0 Å². The normalized spacial score (nSPS) is 10.9. The standard InChI is InChI=1S/C20H21FN2OS/c21-16-8-2-1-7-15(16)13-14-22-19(24)11-5-6-12-20-23-17-9-3-4-10-18(17)25-20/h1-4,7-10H,5-6,11-14H2,(H,22,24). The highest BCUT2D eigenvalue weighted by atomic mass is 32.1. The van der Waals surface area contributed by atoms with E-state index in [2.05, 4.69) is 16.4 Å². The van der Waals surface area contributed by atoms with Gasteiger partial charge in [0.15, 0.2) is 0 Å². The number of hydrogen-bond donors (Lipinski definition) is 1. The predicted molar refractivity (Wildman–Crippen MR) is 100 cm³/mol. The molecule has 0 bridgehead atoms. The van der Waals surface area contributed by atoms with E-state index in [-0.39, 0.29) is 11.7 Å². The number of thiazole rings is 1. The minimum atomic E-state index is -0.215. The summed E-state index contributed by atoms with van der Waals surface area (Å²) in [6.45, 7) is 0.470. The van der Waals surface area contributed by atoms with Gasteiger partial charge in [-0.2, -0.15) is 0 Å². The smallest absolute Gasteiger partial charge is 0.220 e. The lowest BCUT2D eigenvalue weighted by molar-refractivity contribution is -0.121. The number of hydrogen-bond acceptors (Lipinski definition) is 3. The van der Waals surface area contributed by atoms with Gasteiger partial charge in [0.25, 0.3) is 0 Å². The number of carbonyl (C=O) groups is 1. The highest BCUT2D eigenvalue weighted by molar-refractivity contribution is 7.18. The van der Waals surface area contributed by atoms with E-state index in [1.165, 1.54) is 10.8 Å². The van der Waals surface area contributed by atoms with Crippen molar-refractivity contribution in [3.05, 3.63) is 64.9 Å². The molecule has 0 aliphatic carbocycles. The van der Waals surface area contributed by atoms with Crippen molar-refractivity contribution in [3.8, 4) is 0 Å². The van der Waals surface area contributed by atoms with E-state index in [4.69, 9.17) is 0 Å². The second kappa shape index (κ2) is 8.72. The van der Waals surface area contributed by atoms with Gasteiger partial charge in [-0.1, -0.05) is 30.3 Å². The van der Waals surface area contributed by atoms with Crippen molar-refractivity contribution in [1.29, 1.82) is 0 Å². The van der Waals surface area contributed by atoms with Crippen LogP contribution in [-0.2, 0) is 17.6 Å². The number of aryl methyl sites for hydroxylation is 1. The average molecular weight is 356 g/mol. The first-order valence-electron chi connectivity index (χ1n) is 8.57. The van der Waals surface area contributed by atoms with Gasteiger partial charge in [-0.25, -0.2) is 9.37 Å². The minimum Gasteiger partial charge on any atom is -0.356 e. The van der Waals surface area contributed by atoms with E-state index in [9.17, 15) is 9.18 Å². The Morgan fingerprint density at radius 1 is 1.04 bits per heavy atom. The molecule has 1 aromatic heterocycles. The predicted octanol–water partition coefficient (Wildman–Crippen LogP) is 4.51. The molecule has 5 heteroatoms. The fourth-order valence-corrected chi connectivity index (χ4v) is 3.72. The van der Waals surface area contributed by atoms with Gasteiger partial charge >= 0.3 is 0 Å². The van der Waals surface area contributed by atoms with Gasteiger partial charge in [-0.3, -0.25) is 4.79 Å². The van der Waals surface area contributed by atoms with Crippen molar-refractivity contribution in [1.82, 2.24) is 10.3 Å². The Bertz CT molecular complexity index is 813. The van der Waals surface area contributed by atoms with Crippen LogP contribution in [0.15, 0.2) is 48.5 Å². The zero-order valence-corrected chi connectivity index (χ0v) is 14.8. The number of amides is 1. The zero-order chi connectivity index (χ0) is 17.5. The van der Waals surface area contributed by atoms with Gasteiger partial charge < -0.3 is 5.32 Å². The molecule has 3 nitrogen and oxygen atoms in total. The Morgan fingerprint density at radius 3 is 2.68 bits per heavy atom. The second-order valence-corrected chi connectivity index (χ2v) is 7.09. The van der Waals surface area contributed by atoms with E-state index in [0.717, 1.165) is 29.8 Å². The number of halogens is 1. The second-order valence-electron chi connectivity index (χ2n) is 5.97. The van der Waals surface area contributed by atoms with Crippen LogP contribution >= 0.6 is 11.3 Å². The van der Waals surface area contributed by atoms with Crippen molar-refractivity contribution in [2.45, 2.75) is 32.1 Å². The van der Waals surface area contributed by atoms with E-state index in [1.807, 2.05) is 24.3 Å². The molecule has 2 aromatic carbocycles. The summed E-state index contributed by atoms with van der Waals surface area (Å²) in [5.74, 6) is -0.187. The van der Waals surface area contributed by atoms with Crippen molar-refractivity contribution in [2.24, 2.45) is 0 Å². The first-order chi connectivity index (χ1) is 12.2. The molecule has 1 amide bonds. The summed E-state index contributed by atoms with van der Waals surface area (Å²) in [5, 5.41) is 3.99. The lowest BCUT2D eigenvalue weighted by atomic mass is 10.1. The molecule has 0 fully saturated rings. The van der Waals surface area contributed by atoms with Crippen LogP contribution in [0.25, 0.3) is 10.2 Å². The van der Waals surface area contributed by atoms with E-state index < -0.39 is 0 Å². The number of nitrogens with zero attached hydrogens (tertiary/aromatic N) is 1. The van der Waals surface area contributed by atoms with Crippen LogP contribution in [0.3, 0.4) is 0 Å². The van der Waals surface area contributed by atoms with Crippen molar-refractivity contribution in [3.63, 3.8) is 0 Å². The average Bonchev–Trinajstić information content (AvgIpc) is 3.03. The maximum absolute atomic E-state index is 13.5. The molecule has 130 valence electrons. The lowest BCUT2D eigenvalue weighted by Crippen LogP contribution is -2.25. The highest BCUT2D eigenvalue weighted by Gasteiger charge is 2.06. The third kappa shape index (κ3) is 5.10. The number of aromatic nitrogens is 1. The van der Waals surface area contributed by atoms with Gasteiger partial charge in [0.1, 0.15) is 5.82 Å². The molecule has 3 aromatic rings. The summed E-state index contributed by atoms with van der Waals surface area (Å²) in [6, 6.07) is 14.8. The van der Waals surface area contributed by atoms with Crippen molar-refractivity contribution in [2.75, 3.05) is 6.54 Å². The molecule has 0 aliphatic heterocycles. The zero-order valence-electron chi connectivity index (χ0n) is 14.0. The first kappa shape index (κ1) is 17.5. The molecular formula is C20H21FN2OS. The maximum atomic E-state index is 13.5. The van der Waals surface area contributed by atoms with E-state index in [1.54, 1.807) is 23.5 Å². The Kier molecular flexibility index (Phi) is 6.12. The Morgan fingerprint density at radius 2 is 1.84 bits per heavy atom. The van der Waals surface area contributed by atoms with Crippen LogP contribution in [0, 0.1) is 5.82 Å². The Labute approximate surface area is 150 Å². The Hall–Kier alpha value is -2.27. The number of carbonyl (C=O) groups excluding carboxylic acids is 1. The molecule has 0 aliphatic rings. The molecule has 0 radical (unpaired) electrons. The summed E-state index contributed by atoms with van der Waals surface area (Å²) < 4.78 is 14.7. The molecule has 3 rings (SSSR count). The minimum absolute atomic E-state index is 0.0284. The summed E-state index contributed by atoms with van der Waals surface area (Å²) >= 11 is 1.72. The molecule has 0 unspecified atom stereocenters. The summed E-state index contributed by atoms with van der Waals surface area (Å²) in [5.41, 5.74) is 1.69. The number of nitrogens with one attached hydrogen (secondary N) is 1. The van der Waals surface area contributed by atoms with Crippen molar-refractivity contribution >= 4 is 27.5 Å². The SMILES string of the molecule is O=C(CCCCc1nc2ccccc2s1)NCCc1ccccc1F. The van der Waals surface area contributed by atoms with Gasteiger partial charge in [-0.05, 0) is 49.4 Å². The summed E-state index contributed by atoms with van der Waals surface area (Å²) in [4.78, 5) is 16.5. The van der Waals surface area contributed by atoms with Gasteiger partial charge in [-0.15, -0.1) is 11.3 Å². The third-order valence-electron chi connectivity index (χ3n) is 4.06.